The molecule has 5 atom stereocenters. The van der Waals surface area contributed by atoms with E-state index in [4.69, 9.17) is 20.3 Å². The van der Waals surface area contributed by atoms with Crippen molar-refractivity contribution >= 4 is 5.91 Å². The molecule has 106 valence electrons. The lowest BCUT2D eigenvalue weighted by molar-refractivity contribution is -0.269. The summed E-state index contributed by atoms with van der Waals surface area (Å²) >= 11 is 0. The maximum absolute atomic E-state index is 11.0. The van der Waals surface area contributed by atoms with Crippen LogP contribution in [0.5, 0.6) is 0 Å². The molecule has 0 saturated carbocycles. The first kappa shape index (κ1) is 15.3. The molecule has 0 spiro atoms. The van der Waals surface area contributed by atoms with Crippen LogP contribution in [-0.2, 0) is 14.3 Å². The minimum atomic E-state index is -1.30. The minimum Gasteiger partial charge on any atom is -0.394 e. The van der Waals surface area contributed by atoms with Crippen LogP contribution in [-0.4, -0.2) is 71.6 Å². The molecule has 1 aliphatic rings. The highest BCUT2D eigenvalue weighted by Gasteiger charge is 2.45. The number of nitrogens with one attached hydrogen (secondary N) is 1. The van der Waals surface area contributed by atoms with Gasteiger partial charge in [-0.2, -0.15) is 0 Å². The molecule has 8 nitrogen and oxygen atoms in total. The number of nitrogens with two attached hydrogens (primary N) is 1. The van der Waals surface area contributed by atoms with Crippen molar-refractivity contribution in [2.75, 3.05) is 19.8 Å². The Morgan fingerprint density at radius 3 is 2.61 bits per heavy atom. The smallest absolute Gasteiger partial charge is 0.217 e. The fourth-order valence-corrected chi connectivity index (χ4v) is 1.80. The number of hydrogen-bond acceptors (Lipinski definition) is 7. The Morgan fingerprint density at radius 2 is 2.11 bits per heavy atom. The second-order valence-corrected chi connectivity index (χ2v) is 4.09. The van der Waals surface area contributed by atoms with Gasteiger partial charge in [-0.05, 0) is 0 Å². The lowest BCUT2D eigenvalue weighted by Gasteiger charge is -2.42. The fourth-order valence-electron chi connectivity index (χ4n) is 1.80. The predicted octanol–water partition coefficient (Wildman–Crippen LogP) is -3.09. The van der Waals surface area contributed by atoms with E-state index < -0.39 is 43.2 Å². The van der Waals surface area contributed by atoms with E-state index in [9.17, 15) is 15.0 Å². The summed E-state index contributed by atoms with van der Waals surface area (Å²) in [5.41, 5.74) is 5.29. The molecule has 1 amide bonds. The molecule has 1 fully saturated rings. The Kier molecular flexibility index (Phi) is 5.93. The highest BCUT2D eigenvalue weighted by Crippen LogP contribution is 2.21. The number of aliphatic hydroxyl groups is 3. The summed E-state index contributed by atoms with van der Waals surface area (Å²) in [5, 5.41) is 31.1. The highest BCUT2D eigenvalue weighted by molar-refractivity contribution is 5.73. The Morgan fingerprint density at radius 1 is 1.44 bits per heavy atom. The van der Waals surface area contributed by atoms with Gasteiger partial charge in [0.05, 0.1) is 13.2 Å². The van der Waals surface area contributed by atoms with Crippen LogP contribution in [0.2, 0.25) is 0 Å². The van der Waals surface area contributed by atoms with Crippen LogP contribution >= 0.6 is 0 Å². The molecule has 18 heavy (non-hydrogen) atoms. The normalized spacial score (nSPS) is 36.4. The van der Waals surface area contributed by atoms with Crippen LogP contribution in [0, 0.1) is 0 Å². The summed E-state index contributed by atoms with van der Waals surface area (Å²) in [5.74, 6) is -0.390. The Balaban J connectivity index is 2.76. The van der Waals surface area contributed by atoms with E-state index in [0.717, 1.165) is 0 Å². The largest absolute Gasteiger partial charge is 0.394 e. The Bertz CT molecular complexity index is 277. The van der Waals surface area contributed by atoms with Gasteiger partial charge in [0.1, 0.15) is 24.4 Å². The van der Waals surface area contributed by atoms with E-state index in [2.05, 4.69) is 5.32 Å². The van der Waals surface area contributed by atoms with E-state index in [1.54, 1.807) is 0 Å². The summed E-state index contributed by atoms with van der Waals surface area (Å²) in [6, 6.07) is -0.910. The average Bonchev–Trinajstić information content (AvgIpc) is 2.33. The third-order valence-corrected chi connectivity index (χ3v) is 2.65. The van der Waals surface area contributed by atoms with E-state index >= 15 is 0 Å². The molecule has 6 N–H and O–H groups in total. The van der Waals surface area contributed by atoms with E-state index in [1.165, 1.54) is 6.92 Å². The molecule has 1 aliphatic heterocycles. The van der Waals surface area contributed by atoms with Gasteiger partial charge in [0.2, 0.25) is 5.91 Å². The van der Waals surface area contributed by atoms with Crippen molar-refractivity contribution in [1.82, 2.24) is 5.32 Å². The predicted molar refractivity (Wildman–Crippen MR) is 60.4 cm³/mol. The molecule has 1 heterocycles. The van der Waals surface area contributed by atoms with Crippen LogP contribution < -0.4 is 11.1 Å². The van der Waals surface area contributed by atoms with E-state index in [-0.39, 0.29) is 13.2 Å². The van der Waals surface area contributed by atoms with E-state index in [1.807, 2.05) is 0 Å². The third kappa shape index (κ3) is 3.61. The van der Waals surface area contributed by atoms with Crippen LogP contribution in [0.1, 0.15) is 6.92 Å². The topological polar surface area (TPSA) is 134 Å². The van der Waals surface area contributed by atoms with Crippen molar-refractivity contribution in [2.45, 2.75) is 37.6 Å². The van der Waals surface area contributed by atoms with Crippen LogP contribution in [0.3, 0.4) is 0 Å². The van der Waals surface area contributed by atoms with Crippen LogP contribution in [0.4, 0.5) is 0 Å². The maximum atomic E-state index is 11.0. The van der Waals surface area contributed by atoms with Gasteiger partial charge in [-0.3, -0.25) is 4.79 Å². The lowest BCUT2D eigenvalue weighted by Crippen LogP contribution is -2.64. The Labute approximate surface area is 105 Å². The third-order valence-electron chi connectivity index (χ3n) is 2.65. The molecule has 3 unspecified atom stereocenters. The number of hydrogen-bond donors (Lipinski definition) is 5. The second-order valence-electron chi connectivity index (χ2n) is 4.09. The zero-order valence-electron chi connectivity index (χ0n) is 10.2. The monoisotopic (exact) mass is 264 g/mol. The van der Waals surface area contributed by atoms with Gasteiger partial charge in [0, 0.05) is 13.5 Å². The van der Waals surface area contributed by atoms with E-state index in [0.29, 0.717) is 0 Å². The number of ether oxygens (including phenoxy) is 2. The number of amides is 1. The van der Waals surface area contributed by atoms with Gasteiger partial charge in [-0.25, -0.2) is 0 Å². The molecular weight excluding hydrogens is 244 g/mol. The zero-order chi connectivity index (χ0) is 13.7. The van der Waals surface area contributed by atoms with Crippen LogP contribution in [0.25, 0.3) is 0 Å². The zero-order valence-corrected chi connectivity index (χ0v) is 10.2. The van der Waals surface area contributed by atoms with Crippen molar-refractivity contribution in [3.05, 3.63) is 0 Å². The van der Waals surface area contributed by atoms with Gasteiger partial charge >= 0.3 is 0 Å². The summed E-state index contributed by atoms with van der Waals surface area (Å²) in [6.45, 7) is 1.22. The van der Waals surface area contributed by atoms with Gasteiger partial charge in [-0.15, -0.1) is 0 Å². The van der Waals surface area contributed by atoms with Crippen LogP contribution in [0.15, 0.2) is 0 Å². The number of carbonyl (C=O) groups excluding carboxylic acids is 1. The standard InChI is InChI=1S/C10H20N2O6/c1-5(14)12-7-9(16)8(15)6(4-13)18-10(7)17-3-2-11/h6-10,13,15-16H,2-4,11H2,1H3,(H,12,14)/t6?,7?,8-,9?,10+/m0/s1. The lowest BCUT2D eigenvalue weighted by atomic mass is 9.97. The molecule has 0 radical (unpaired) electrons. The summed E-state index contributed by atoms with van der Waals surface area (Å²) in [6.07, 6.45) is -4.52. The number of rotatable bonds is 5. The molecule has 0 aliphatic carbocycles. The highest BCUT2D eigenvalue weighted by atomic mass is 16.7. The molecule has 0 aromatic rings. The SMILES string of the molecule is CC(=O)NC1C(O)[C@@H](O)C(CO)O[C@H]1OCCN. The first-order chi connectivity index (χ1) is 8.51. The summed E-state index contributed by atoms with van der Waals surface area (Å²) in [7, 11) is 0. The summed E-state index contributed by atoms with van der Waals surface area (Å²) in [4.78, 5) is 11.0. The Hall–Kier alpha value is -0.770. The second kappa shape index (κ2) is 6.98. The molecule has 0 bridgehead atoms. The molecule has 0 aromatic heterocycles. The van der Waals surface area contributed by atoms with Crippen molar-refractivity contribution in [2.24, 2.45) is 5.73 Å². The maximum Gasteiger partial charge on any atom is 0.217 e. The molecule has 0 aromatic carbocycles. The number of aliphatic hydroxyl groups excluding tert-OH is 3. The first-order valence-corrected chi connectivity index (χ1v) is 5.72. The molecular formula is C10H20N2O6. The molecule has 1 rings (SSSR count). The van der Waals surface area contributed by atoms with Crippen molar-refractivity contribution in [1.29, 1.82) is 0 Å². The first-order valence-electron chi connectivity index (χ1n) is 5.72. The minimum absolute atomic E-state index is 0.168. The fraction of sp³-hybridized carbons (Fsp3) is 0.900. The van der Waals surface area contributed by atoms with Gasteiger partial charge in [-0.1, -0.05) is 0 Å². The molecule has 1 saturated heterocycles. The average molecular weight is 264 g/mol. The summed E-state index contributed by atoms with van der Waals surface area (Å²) < 4.78 is 10.5. The van der Waals surface area contributed by atoms with Gasteiger partial charge < -0.3 is 35.8 Å². The van der Waals surface area contributed by atoms with Gasteiger partial charge in [0.25, 0.3) is 0 Å². The molecule has 8 heteroatoms. The van der Waals surface area contributed by atoms with Gasteiger partial charge in [0.15, 0.2) is 6.29 Å². The van der Waals surface area contributed by atoms with Crippen molar-refractivity contribution in [3.63, 3.8) is 0 Å². The van der Waals surface area contributed by atoms with Crippen molar-refractivity contribution in [3.8, 4) is 0 Å². The number of carbonyl (C=O) groups is 1. The van der Waals surface area contributed by atoms with Crippen molar-refractivity contribution < 1.29 is 29.6 Å². The quantitative estimate of drug-likeness (QED) is 0.355.